The van der Waals surface area contributed by atoms with Crippen molar-refractivity contribution in [2.45, 2.75) is 103 Å². The predicted molar refractivity (Wildman–Crippen MR) is 112 cm³/mol. The highest BCUT2D eigenvalue weighted by molar-refractivity contribution is 5.80. The molecule has 0 radical (unpaired) electrons. The molecule has 2 aromatic rings. The summed E-state index contributed by atoms with van der Waals surface area (Å²) in [5, 5.41) is 1.37. The Morgan fingerprint density at radius 3 is 1.88 bits per heavy atom. The molecule has 1 aromatic carbocycles. The Balaban J connectivity index is 1.86. The maximum atomic E-state index is 3.71. The standard InChI is InChI=1S/C24H39N/c1-3-5-7-9-11-13-17-21(16-12-10-8-6-4-2)24-20-22-18-14-15-19-23(22)25-24/h14-15,18-21,25H,3-13,16-17H2,1-2H3. The second-order valence-corrected chi connectivity index (χ2v) is 7.77. The number of para-hydroxylation sites is 1. The van der Waals surface area contributed by atoms with Crippen LogP contribution in [0.1, 0.15) is 109 Å². The lowest BCUT2D eigenvalue weighted by Crippen LogP contribution is -2.00. The molecule has 0 amide bonds. The Bertz CT molecular complexity index is 535. The summed E-state index contributed by atoms with van der Waals surface area (Å²) in [5.74, 6) is 0.722. The largest absolute Gasteiger partial charge is 0.358 e. The number of H-pyrrole nitrogens is 1. The molecule has 1 heterocycles. The van der Waals surface area contributed by atoms with Crippen LogP contribution >= 0.6 is 0 Å². The second kappa shape index (κ2) is 12.2. The van der Waals surface area contributed by atoms with Crippen LogP contribution in [0.3, 0.4) is 0 Å². The molecule has 0 saturated heterocycles. The van der Waals surface area contributed by atoms with Crippen molar-refractivity contribution < 1.29 is 0 Å². The minimum Gasteiger partial charge on any atom is -0.358 e. The predicted octanol–water partition coefficient (Wildman–Crippen LogP) is 8.36. The monoisotopic (exact) mass is 341 g/mol. The van der Waals surface area contributed by atoms with Crippen molar-refractivity contribution >= 4 is 10.9 Å². The van der Waals surface area contributed by atoms with E-state index in [0.29, 0.717) is 0 Å². The van der Waals surface area contributed by atoms with Crippen molar-refractivity contribution in [3.63, 3.8) is 0 Å². The van der Waals surface area contributed by atoms with E-state index in [2.05, 4.69) is 49.2 Å². The molecule has 0 aliphatic rings. The van der Waals surface area contributed by atoms with Gasteiger partial charge in [0, 0.05) is 11.2 Å². The third kappa shape index (κ3) is 7.26. The third-order valence-electron chi connectivity index (χ3n) is 5.55. The molecule has 0 saturated carbocycles. The molecule has 0 bridgehead atoms. The van der Waals surface area contributed by atoms with Gasteiger partial charge in [-0.1, -0.05) is 103 Å². The van der Waals surface area contributed by atoms with Gasteiger partial charge < -0.3 is 4.98 Å². The van der Waals surface area contributed by atoms with E-state index < -0.39 is 0 Å². The van der Waals surface area contributed by atoms with E-state index in [-0.39, 0.29) is 0 Å². The Labute approximate surface area is 155 Å². The number of benzene rings is 1. The smallest absolute Gasteiger partial charge is 0.0456 e. The van der Waals surface area contributed by atoms with E-state index in [1.54, 1.807) is 0 Å². The highest BCUT2D eigenvalue weighted by Gasteiger charge is 2.14. The summed E-state index contributed by atoms with van der Waals surface area (Å²) in [6.07, 6.45) is 18.0. The van der Waals surface area contributed by atoms with Crippen molar-refractivity contribution in [3.05, 3.63) is 36.0 Å². The topological polar surface area (TPSA) is 15.8 Å². The summed E-state index contributed by atoms with van der Waals surface area (Å²) in [6, 6.07) is 11.1. The van der Waals surface area contributed by atoms with Crippen LogP contribution < -0.4 is 0 Å². The van der Waals surface area contributed by atoms with Gasteiger partial charge in [0.05, 0.1) is 0 Å². The van der Waals surface area contributed by atoms with Gasteiger partial charge in [-0.05, 0) is 36.3 Å². The first-order chi connectivity index (χ1) is 12.3. The Morgan fingerprint density at radius 2 is 1.28 bits per heavy atom. The maximum Gasteiger partial charge on any atom is 0.0456 e. The Kier molecular flexibility index (Phi) is 9.77. The first-order valence-electron chi connectivity index (χ1n) is 10.9. The van der Waals surface area contributed by atoms with Gasteiger partial charge in [-0.25, -0.2) is 0 Å². The number of aromatic nitrogens is 1. The number of nitrogens with one attached hydrogen (secondary N) is 1. The summed E-state index contributed by atoms with van der Waals surface area (Å²) in [6.45, 7) is 4.59. The second-order valence-electron chi connectivity index (χ2n) is 7.77. The van der Waals surface area contributed by atoms with Crippen LogP contribution in [0.5, 0.6) is 0 Å². The van der Waals surface area contributed by atoms with Crippen LogP contribution in [0.4, 0.5) is 0 Å². The SMILES string of the molecule is CCCCCCCCC(CCCCCCC)c1cc2ccccc2[nH]1. The molecular formula is C24H39N. The molecular weight excluding hydrogens is 302 g/mol. The summed E-state index contributed by atoms with van der Waals surface area (Å²) < 4.78 is 0. The average Bonchev–Trinajstić information content (AvgIpc) is 3.06. The number of hydrogen-bond acceptors (Lipinski definition) is 0. The first kappa shape index (κ1) is 20.1. The summed E-state index contributed by atoms with van der Waals surface area (Å²) in [7, 11) is 0. The van der Waals surface area contributed by atoms with Crippen LogP contribution in [0, 0.1) is 0 Å². The lowest BCUT2D eigenvalue weighted by Gasteiger charge is -2.16. The molecule has 0 fully saturated rings. The summed E-state index contributed by atoms with van der Waals surface area (Å²) in [5.41, 5.74) is 2.78. The summed E-state index contributed by atoms with van der Waals surface area (Å²) >= 11 is 0. The zero-order valence-corrected chi connectivity index (χ0v) is 16.7. The van der Waals surface area contributed by atoms with Gasteiger partial charge >= 0.3 is 0 Å². The molecule has 1 aromatic heterocycles. The number of aromatic amines is 1. The summed E-state index contributed by atoms with van der Waals surface area (Å²) in [4.78, 5) is 3.71. The van der Waals surface area contributed by atoms with E-state index in [1.165, 1.54) is 100 Å². The number of fused-ring (bicyclic) bond motifs is 1. The lowest BCUT2D eigenvalue weighted by atomic mass is 9.91. The fourth-order valence-corrected chi connectivity index (χ4v) is 3.94. The van der Waals surface area contributed by atoms with Crippen molar-refractivity contribution in [1.82, 2.24) is 4.98 Å². The van der Waals surface area contributed by atoms with Gasteiger partial charge in [0.25, 0.3) is 0 Å². The molecule has 1 unspecified atom stereocenters. The van der Waals surface area contributed by atoms with Gasteiger partial charge in [-0.15, -0.1) is 0 Å². The molecule has 1 atom stereocenters. The normalized spacial score (nSPS) is 12.7. The van der Waals surface area contributed by atoms with Crippen molar-refractivity contribution in [2.75, 3.05) is 0 Å². The van der Waals surface area contributed by atoms with E-state index >= 15 is 0 Å². The number of unbranched alkanes of at least 4 members (excludes halogenated alkanes) is 9. The Hall–Kier alpha value is -1.24. The zero-order valence-electron chi connectivity index (χ0n) is 16.7. The van der Waals surface area contributed by atoms with E-state index in [4.69, 9.17) is 0 Å². The molecule has 0 spiro atoms. The molecule has 140 valence electrons. The average molecular weight is 342 g/mol. The van der Waals surface area contributed by atoms with Crippen LogP contribution in [0.25, 0.3) is 10.9 Å². The van der Waals surface area contributed by atoms with Crippen LogP contribution in [-0.4, -0.2) is 4.98 Å². The highest BCUT2D eigenvalue weighted by atomic mass is 14.7. The quantitative estimate of drug-likeness (QED) is 0.332. The fraction of sp³-hybridized carbons (Fsp3) is 0.667. The minimum atomic E-state index is 0.722. The van der Waals surface area contributed by atoms with E-state index in [0.717, 1.165) is 5.92 Å². The van der Waals surface area contributed by atoms with E-state index in [9.17, 15) is 0 Å². The van der Waals surface area contributed by atoms with Crippen LogP contribution in [0.15, 0.2) is 30.3 Å². The molecule has 1 heteroatoms. The Morgan fingerprint density at radius 1 is 0.720 bits per heavy atom. The molecule has 1 N–H and O–H groups in total. The maximum absolute atomic E-state index is 3.71. The van der Waals surface area contributed by atoms with Crippen LogP contribution in [0.2, 0.25) is 0 Å². The van der Waals surface area contributed by atoms with Gasteiger partial charge in [-0.2, -0.15) is 0 Å². The van der Waals surface area contributed by atoms with E-state index in [1.807, 2.05) is 0 Å². The third-order valence-corrected chi connectivity index (χ3v) is 5.55. The number of rotatable bonds is 14. The zero-order chi connectivity index (χ0) is 17.7. The molecule has 25 heavy (non-hydrogen) atoms. The molecule has 0 aliphatic carbocycles. The first-order valence-corrected chi connectivity index (χ1v) is 10.9. The van der Waals surface area contributed by atoms with Crippen molar-refractivity contribution in [3.8, 4) is 0 Å². The lowest BCUT2D eigenvalue weighted by molar-refractivity contribution is 0.483. The van der Waals surface area contributed by atoms with Gasteiger partial charge in [-0.3, -0.25) is 0 Å². The van der Waals surface area contributed by atoms with Crippen molar-refractivity contribution in [1.29, 1.82) is 0 Å². The van der Waals surface area contributed by atoms with Gasteiger partial charge in [0.15, 0.2) is 0 Å². The van der Waals surface area contributed by atoms with Crippen LogP contribution in [-0.2, 0) is 0 Å². The molecule has 0 aliphatic heterocycles. The highest BCUT2D eigenvalue weighted by Crippen LogP contribution is 2.30. The number of hydrogen-bond donors (Lipinski definition) is 1. The van der Waals surface area contributed by atoms with Gasteiger partial charge in [0.1, 0.15) is 0 Å². The molecule has 1 nitrogen and oxygen atoms in total. The van der Waals surface area contributed by atoms with Gasteiger partial charge in [0.2, 0.25) is 0 Å². The fourth-order valence-electron chi connectivity index (χ4n) is 3.94. The van der Waals surface area contributed by atoms with Crippen molar-refractivity contribution in [2.24, 2.45) is 0 Å². The molecule has 2 rings (SSSR count). The minimum absolute atomic E-state index is 0.722.